The van der Waals surface area contributed by atoms with Crippen LogP contribution in [0.5, 0.6) is 0 Å². The average molecular weight is 350 g/mol. The molecule has 0 spiro atoms. The molecule has 1 aliphatic rings. The zero-order valence-electron chi connectivity index (χ0n) is 15.5. The number of nitrogens with one attached hydrogen (secondary N) is 1. The number of aromatic nitrogens is 1. The standard InChI is InChI=1S/C21H26N4O/c1-3-15(4-2)21(26)25-11-9-17(10-12-25)24-20-16(13-22)14-23-19-8-6-5-7-18(19)20/h5-8,14-15,17H,3-4,9-12H2,1-2H3,(H,23,24). The van der Waals surface area contributed by atoms with Crippen LogP contribution in [-0.2, 0) is 4.79 Å². The van der Waals surface area contributed by atoms with Gasteiger partial charge in [-0.2, -0.15) is 5.26 Å². The Bertz CT molecular complexity index is 814. The number of carbonyl (C=O) groups is 1. The van der Waals surface area contributed by atoms with Crippen LogP contribution in [0.3, 0.4) is 0 Å². The van der Waals surface area contributed by atoms with Gasteiger partial charge in [-0.15, -0.1) is 0 Å². The Labute approximate surface area is 155 Å². The predicted octanol–water partition coefficient (Wildman–Crippen LogP) is 3.95. The van der Waals surface area contributed by atoms with E-state index in [2.05, 4.69) is 30.2 Å². The third-order valence-corrected chi connectivity index (χ3v) is 5.39. The van der Waals surface area contributed by atoms with Crippen molar-refractivity contribution in [2.45, 2.75) is 45.6 Å². The molecule has 1 amide bonds. The zero-order valence-corrected chi connectivity index (χ0v) is 15.5. The highest BCUT2D eigenvalue weighted by Gasteiger charge is 2.27. The van der Waals surface area contributed by atoms with Crippen LogP contribution in [0.15, 0.2) is 30.5 Å². The fourth-order valence-corrected chi connectivity index (χ4v) is 3.73. The molecular formula is C21H26N4O. The first kappa shape index (κ1) is 18.2. The highest BCUT2D eigenvalue weighted by atomic mass is 16.2. The summed E-state index contributed by atoms with van der Waals surface area (Å²) in [4.78, 5) is 18.9. The maximum Gasteiger partial charge on any atom is 0.225 e. The molecule has 1 saturated heterocycles. The number of pyridine rings is 1. The lowest BCUT2D eigenvalue weighted by Gasteiger charge is -2.35. The van der Waals surface area contributed by atoms with Gasteiger partial charge in [-0.1, -0.05) is 32.0 Å². The number of nitriles is 1. The zero-order chi connectivity index (χ0) is 18.5. The minimum atomic E-state index is 0.147. The smallest absolute Gasteiger partial charge is 0.225 e. The maximum atomic E-state index is 12.6. The summed E-state index contributed by atoms with van der Waals surface area (Å²) >= 11 is 0. The molecule has 136 valence electrons. The molecule has 0 radical (unpaired) electrons. The molecule has 0 aliphatic carbocycles. The van der Waals surface area contributed by atoms with Crippen LogP contribution in [0.25, 0.3) is 10.9 Å². The van der Waals surface area contributed by atoms with E-state index in [0.29, 0.717) is 11.5 Å². The molecule has 5 nitrogen and oxygen atoms in total. The number of fused-ring (bicyclic) bond motifs is 1. The molecule has 0 atom stereocenters. The minimum absolute atomic E-state index is 0.147. The molecule has 1 fully saturated rings. The van der Waals surface area contributed by atoms with Crippen LogP contribution in [0.1, 0.15) is 45.1 Å². The Balaban J connectivity index is 1.72. The van der Waals surface area contributed by atoms with Gasteiger partial charge in [0, 0.05) is 36.6 Å². The van der Waals surface area contributed by atoms with Gasteiger partial charge in [0.2, 0.25) is 5.91 Å². The van der Waals surface area contributed by atoms with Crippen LogP contribution in [0, 0.1) is 17.2 Å². The topological polar surface area (TPSA) is 69.0 Å². The van der Waals surface area contributed by atoms with Crippen molar-refractivity contribution in [3.8, 4) is 6.07 Å². The van der Waals surface area contributed by atoms with E-state index in [-0.39, 0.29) is 12.0 Å². The second-order valence-electron chi connectivity index (χ2n) is 6.93. The molecule has 1 aromatic heterocycles. The number of rotatable bonds is 5. The molecule has 1 aliphatic heterocycles. The van der Waals surface area contributed by atoms with E-state index in [1.54, 1.807) is 6.20 Å². The lowest BCUT2D eigenvalue weighted by molar-refractivity contribution is -0.136. The molecule has 0 bridgehead atoms. The summed E-state index contributed by atoms with van der Waals surface area (Å²) in [6.45, 7) is 5.71. The molecular weight excluding hydrogens is 324 g/mol. The Morgan fingerprint density at radius 3 is 2.65 bits per heavy atom. The second kappa shape index (κ2) is 8.18. The normalized spacial score (nSPS) is 15.2. The van der Waals surface area contributed by atoms with E-state index >= 15 is 0 Å². The number of hydrogen-bond acceptors (Lipinski definition) is 4. The Morgan fingerprint density at radius 1 is 1.31 bits per heavy atom. The predicted molar refractivity (Wildman–Crippen MR) is 104 cm³/mol. The molecule has 2 heterocycles. The van der Waals surface area contributed by atoms with Gasteiger partial charge in [0.25, 0.3) is 0 Å². The number of amides is 1. The number of anilines is 1. The van der Waals surface area contributed by atoms with Gasteiger partial charge in [0.1, 0.15) is 6.07 Å². The van der Waals surface area contributed by atoms with Crippen molar-refractivity contribution in [1.29, 1.82) is 5.26 Å². The van der Waals surface area contributed by atoms with E-state index in [0.717, 1.165) is 55.4 Å². The largest absolute Gasteiger partial charge is 0.381 e. The van der Waals surface area contributed by atoms with Crippen LogP contribution < -0.4 is 5.32 Å². The van der Waals surface area contributed by atoms with E-state index in [1.807, 2.05) is 29.2 Å². The van der Waals surface area contributed by atoms with Crippen molar-refractivity contribution in [3.63, 3.8) is 0 Å². The maximum absolute atomic E-state index is 12.6. The minimum Gasteiger partial charge on any atom is -0.381 e. The van der Waals surface area contributed by atoms with Crippen LogP contribution in [-0.4, -0.2) is 34.9 Å². The summed E-state index contributed by atoms with van der Waals surface area (Å²) in [5, 5.41) is 14.0. The summed E-state index contributed by atoms with van der Waals surface area (Å²) in [5.74, 6) is 0.439. The van der Waals surface area contributed by atoms with Gasteiger partial charge >= 0.3 is 0 Å². The fourth-order valence-electron chi connectivity index (χ4n) is 3.73. The highest BCUT2D eigenvalue weighted by molar-refractivity contribution is 5.94. The molecule has 26 heavy (non-hydrogen) atoms. The molecule has 1 N–H and O–H groups in total. The Morgan fingerprint density at radius 2 is 2.00 bits per heavy atom. The highest BCUT2D eigenvalue weighted by Crippen LogP contribution is 2.28. The van der Waals surface area contributed by atoms with E-state index in [9.17, 15) is 10.1 Å². The van der Waals surface area contributed by atoms with Crippen molar-refractivity contribution >= 4 is 22.5 Å². The average Bonchev–Trinajstić information content (AvgIpc) is 2.69. The Kier molecular flexibility index (Phi) is 5.72. The second-order valence-corrected chi connectivity index (χ2v) is 6.93. The van der Waals surface area contributed by atoms with Crippen molar-refractivity contribution in [3.05, 3.63) is 36.0 Å². The van der Waals surface area contributed by atoms with Gasteiger partial charge in [-0.25, -0.2) is 0 Å². The number of carbonyl (C=O) groups excluding carboxylic acids is 1. The van der Waals surface area contributed by atoms with Crippen molar-refractivity contribution < 1.29 is 4.79 Å². The number of nitrogens with zero attached hydrogens (tertiary/aromatic N) is 3. The molecule has 2 aromatic rings. The summed E-state index contributed by atoms with van der Waals surface area (Å²) in [7, 11) is 0. The van der Waals surface area contributed by atoms with E-state index in [1.165, 1.54) is 0 Å². The van der Waals surface area contributed by atoms with Crippen molar-refractivity contribution in [1.82, 2.24) is 9.88 Å². The van der Waals surface area contributed by atoms with Crippen LogP contribution >= 0.6 is 0 Å². The number of piperidine rings is 1. The SMILES string of the molecule is CCC(CC)C(=O)N1CCC(Nc2c(C#N)cnc3ccccc23)CC1. The fraction of sp³-hybridized carbons (Fsp3) is 0.476. The monoisotopic (exact) mass is 350 g/mol. The van der Waals surface area contributed by atoms with Crippen molar-refractivity contribution in [2.75, 3.05) is 18.4 Å². The lowest BCUT2D eigenvalue weighted by Crippen LogP contribution is -2.44. The van der Waals surface area contributed by atoms with Crippen molar-refractivity contribution in [2.24, 2.45) is 5.92 Å². The molecule has 0 unspecified atom stereocenters. The molecule has 0 saturated carbocycles. The number of likely N-dealkylation sites (tertiary alicyclic amines) is 1. The molecule has 3 rings (SSSR count). The van der Waals surface area contributed by atoms with E-state index < -0.39 is 0 Å². The first-order valence-electron chi connectivity index (χ1n) is 9.51. The number of benzene rings is 1. The lowest BCUT2D eigenvalue weighted by atomic mass is 9.98. The molecule has 5 heteroatoms. The summed E-state index contributed by atoms with van der Waals surface area (Å²) in [5.41, 5.74) is 2.32. The van der Waals surface area contributed by atoms with Crippen LogP contribution in [0.2, 0.25) is 0 Å². The third-order valence-electron chi connectivity index (χ3n) is 5.39. The first-order valence-corrected chi connectivity index (χ1v) is 9.51. The van der Waals surface area contributed by atoms with Gasteiger partial charge < -0.3 is 10.2 Å². The van der Waals surface area contributed by atoms with Gasteiger partial charge in [-0.05, 0) is 31.7 Å². The quantitative estimate of drug-likeness (QED) is 0.886. The third kappa shape index (κ3) is 3.65. The number of hydrogen-bond donors (Lipinski definition) is 1. The Hall–Kier alpha value is -2.61. The van der Waals surface area contributed by atoms with Gasteiger partial charge in [0.05, 0.1) is 16.8 Å². The summed E-state index contributed by atoms with van der Waals surface area (Å²) in [6.07, 6.45) is 5.24. The van der Waals surface area contributed by atoms with E-state index in [4.69, 9.17) is 0 Å². The number of para-hydroxylation sites is 1. The molecule has 1 aromatic carbocycles. The first-order chi connectivity index (χ1) is 12.7. The van der Waals surface area contributed by atoms with Crippen LogP contribution in [0.4, 0.5) is 5.69 Å². The van der Waals surface area contributed by atoms with Gasteiger partial charge in [0.15, 0.2) is 0 Å². The van der Waals surface area contributed by atoms with Gasteiger partial charge in [-0.3, -0.25) is 9.78 Å². The summed E-state index contributed by atoms with van der Waals surface area (Å²) < 4.78 is 0. The summed E-state index contributed by atoms with van der Waals surface area (Å²) in [6, 6.07) is 10.4.